The lowest BCUT2D eigenvalue weighted by atomic mass is 9.99. The molecule has 3 unspecified atom stereocenters. The van der Waals surface area contributed by atoms with E-state index in [1.54, 1.807) is 0 Å². The highest BCUT2D eigenvalue weighted by Crippen LogP contribution is 2.19. The number of rotatable bonds is 0. The van der Waals surface area contributed by atoms with Crippen LogP contribution in [0.4, 0.5) is 0 Å². The zero-order chi connectivity index (χ0) is 13.8. The largest absolute Gasteiger partial charge is 0.314 e. The Hall–Kier alpha value is -0.160. The molecule has 4 aliphatic heterocycles. The normalized spacial score (nSPS) is 38.5. The maximum Gasteiger partial charge on any atom is 0.0221 e. The summed E-state index contributed by atoms with van der Waals surface area (Å²) in [7, 11) is 0. The van der Waals surface area contributed by atoms with Crippen LogP contribution in [0.5, 0.6) is 0 Å². The Morgan fingerprint density at radius 2 is 1.65 bits per heavy atom. The molecule has 4 heteroatoms. The third-order valence-electron chi connectivity index (χ3n) is 5.41. The summed E-state index contributed by atoms with van der Waals surface area (Å²) >= 11 is 0. The van der Waals surface area contributed by atoms with Crippen molar-refractivity contribution in [2.24, 2.45) is 0 Å². The average molecular weight is 280 g/mol. The summed E-state index contributed by atoms with van der Waals surface area (Å²) < 4.78 is 0. The predicted octanol–water partition coefficient (Wildman–Crippen LogP) is 0.887. The van der Waals surface area contributed by atoms with Crippen molar-refractivity contribution in [1.82, 2.24) is 20.4 Å². The van der Waals surface area contributed by atoms with Crippen LogP contribution in [0.1, 0.15) is 39.0 Å². The highest BCUT2D eigenvalue weighted by atomic mass is 15.2. The zero-order valence-corrected chi connectivity index (χ0v) is 13.1. The quantitative estimate of drug-likeness (QED) is 0.690. The van der Waals surface area contributed by atoms with E-state index in [-0.39, 0.29) is 0 Å². The van der Waals surface area contributed by atoms with Crippen molar-refractivity contribution in [2.45, 2.75) is 57.2 Å². The van der Waals surface area contributed by atoms with Gasteiger partial charge in [-0.15, -0.1) is 0 Å². The molecule has 4 nitrogen and oxygen atoms in total. The van der Waals surface area contributed by atoms with Gasteiger partial charge in [-0.2, -0.15) is 0 Å². The number of hydrogen-bond acceptors (Lipinski definition) is 4. The fraction of sp³-hybridized carbons (Fsp3) is 1.00. The first kappa shape index (κ1) is 14.8. The van der Waals surface area contributed by atoms with Crippen molar-refractivity contribution in [1.29, 1.82) is 0 Å². The minimum absolute atomic E-state index is 0.712. The molecule has 116 valence electrons. The first-order chi connectivity index (χ1) is 9.83. The van der Waals surface area contributed by atoms with Crippen molar-refractivity contribution in [3.63, 3.8) is 0 Å². The van der Waals surface area contributed by atoms with Crippen LogP contribution in [0.2, 0.25) is 0 Å². The monoisotopic (exact) mass is 280 g/mol. The summed E-state index contributed by atoms with van der Waals surface area (Å²) in [6.07, 6.45) is 7.12. The second kappa shape index (κ2) is 7.21. The van der Waals surface area contributed by atoms with E-state index in [9.17, 15) is 0 Å². The highest BCUT2D eigenvalue weighted by molar-refractivity contribution is 4.86. The number of piperazine rings is 2. The highest BCUT2D eigenvalue weighted by Gasteiger charge is 2.27. The van der Waals surface area contributed by atoms with E-state index < -0.39 is 0 Å². The van der Waals surface area contributed by atoms with Gasteiger partial charge in [0.1, 0.15) is 0 Å². The molecule has 0 radical (unpaired) electrons. The van der Waals surface area contributed by atoms with Gasteiger partial charge in [-0.1, -0.05) is 6.42 Å². The fourth-order valence-electron chi connectivity index (χ4n) is 4.20. The molecular weight excluding hydrogens is 248 g/mol. The van der Waals surface area contributed by atoms with Gasteiger partial charge in [-0.25, -0.2) is 0 Å². The Bertz CT molecular complexity index is 284. The lowest BCUT2D eigenvalue weighted by molar-refractivity contribution is 0.0995. The van der Waals surface area contributed by atoms with Crippen molar-refractivity contribution >= 4 is 0 Å². The van der Waals surface area contributed by atoms with Crippen LogP contribution in [-0.4, -0.2) is 73.7 Å². The van der Waals surface area contributed by atoms with Crippen molar-refractivity contribution in [3.8, 4) is 0 Å². The molecule has 0 aromatic carbocycles. The molecule has 20 heavy (non-hydrogen) atoms. The standard InChI is InChI=1S/C9H18N2.C7H14N2/c1-8-7-11-5-3-2-4-9(11)6-10-8;1-2-7-6-8-3-5-9(7)4-1/h8-10H,2-7H2,1H3;7-8H,1-6H2. The summed E-state index contributed by atoms with van der Waals surface area (Å²) in [5, 5.41) is 6.95. The molecule has 4 fully saturated rings. The molecule has 2 N–H and O–H groups in total. The van der Waals surface area contributed by atoms with Gasteiger partial charge >= 0.3 is 0 Å². The fourth-order valence-corrected chi connectivity index (χ4v) is 4.20. The number of hydrogen-bond donors (Lipinski definition) is 2. The number of piperidine rings is 1. The van der Waals surface area contributed by atoms with E-state index in [1.807, 2.05) is 0 Å². The smallest absolute Gasteiger partial charge is 0.0221 e. The van der Waals surface area contributed by atoms with Crippen LogP contribution in [0.15, 0.2) is 0 Å². The summed E-state index contributed by atoms with van der Waals surface area (Å²) in [5.74, 6) is 0. The Morgan fingerprint density at radius 1 is 0.850 bits per heavy atom. The van der Waals surface area contributed by atoms with Gasteiger partial charge in [0, 0.05) is 50.8 Å². The third-order valence-corrected chi connectivity index (χ3v) is 5.41. The predicted molar refractivity (Wildman–Crippen MR) is 84.1 cm³/mol. The molecule has 0 aliphatic carbocycles. The number of fused-ring (bicyclic) bond motifs is 2. The zero-order valence-electron chi connectivity index (χ0n) is 13.1. The van der Waals surface area contributed by atoms with Gasteiger partial charge in [0.25, 0.3) is 0 Å². The van der Waals surface area contributed by atoms with E-state index >= 15 is 0 Å². The third kappa shape index (κ3) is 3.73. The molecule has 3 atom stereocenters. The van der Waals surface area contributed by atoms with E-state index in [1.165, 1.54) is 77.9 Å². The molecule has 4 saturated heterocycles. The molecular formula is C16H32N4. The Morgan fingerprint density at radius 3 is 2.55 bits per heavy atom. The van der Waals surface area contributed by atoms with Gasteiger partial charge < -0.3 is 10.6 Å². The average Bonchev–Trinajstić information content (AvgIpc) is 2.96. The first-order valence-corrected chi connectivity index (χ1v) is 8.75. The molecule has 0 saturated carbocycles. The lowest BCUT2D eigenvalue weighted by Gasteiger charge is -2.42. The minimum atomic E-state index is 0.712. The van der Waals surface area contributed by atoms with Crippen LogP contribution >= 0.6 is 0 Å². The molecule has 4 rings (SSSR count). The van der Waals surface area contributed by atoms with Crippen molar-refractivity contribution in [3.05, 3.63) is 0 Å². The van der Waals surface area contributed by atoms with Crippen LogP contribution in [0.25, 0.3) is 0 Å². The Kier molecular flexibility index (Phi) is 5.32. The summed E-state index contributed by atoms with van der Waals surface area (Å²) in [6, 6.07) is 2.46. The molecule has 4 aliphatic rings. The second-order valence-electron chi connectivity index (χ2n) is 6.99. The van der Waals surface area contributed by atoms with E-state index in [2.05, 4.69) is 27.4 Å². The van der Waals surface area contributed by atoms with Gasteiger partial charge in [0.05, 0.1) is 0 Å². The Labute approximate surface area is 124 Å². The summed E-state index contributed by atoms with van der Waals surface area (Å²) in [6.45, 7) is 11.2. The molecule has 0 spiro atoms. The topological polar surface area (TPSA) is 30.5 Å². The maximum absolute atomic E-state index is 3.54. The Balaban J connectivity index is 0.000000123. The number of nitrogens with zero attached hydrogens (tertiary/aromatic N) is 2. The number of nitrogens with one attached hydrogen (secondary N) is 2. The van der Waals surface area contributed by atoms with Gasteiger partial charge in [-0.05, 0) is 45.7 Å². The SMILES string of the molecule is C1CC2CNCCN2C1.CC1CN2CCCCC2CN1. The van der Waals surface area contributed by atoms with Crippen LogP contribution in [0.3, 0.4) is 0 Å². The summed E-state index contributed by atoms with van der Waals surface area (Å²) in [4.78, 5) is 5.27. The van der Waals surface area contributed by atoms with Crippen LogP contribution < -0.4 is 10.6 Å². The van der Waals surface area contributed by atoms with E-state index in [4.69, 9.17) is 0 Å². The van der Waals surface area contributed by atoms with Crippen molar-refractivity contribution in [2.75, 3.05) is 45.8 Å². The molecule has 0 aromatic heterocycles. The van der Waals surface area contributed by atoms with Crippen LogP contribution in [0, 0.1) is 0 Å². The van der Waals surface area contributed by atoms with E-state index in [0.717, 1.165) is 12.1 Å². The second-order valence-corrected chi connectivity index (χ2v) is 6.99. The van der Waals surface area contributed by atoms with E-state index in [0.29, 0.717) is 6.04 Å². The van der Waals surface area contributed by atoms with Gasteiger partial charge in [-0.3, -0.25) is 9.80 Å². The van der Waals surface area contributed by atoms with Crippen LogP contribution in [-0.2, 0) is 0 Å². The van der Waals surface area contributed by atoms with Crippen molar-refractivity contribution < 1.29 is 0 Å². The first-order valence-electron chi connectivity index (χ1n) is 8.75. The van der Waals surface area contributed by atoms with Gasteiger partial charge in [0.15, 0.2) is 0 Å². The summed E-state index contributed by atoms with van der Waals surface area (Å²) in [5.41, 5.74) is 0. The minimum Gasteiger partial charge on any atom is -0.314 e. The van der Waals surface area contributed by atoms with Gasteiger partial charge in [0.2, 0.25) is 0 Å². The molecule has 0 amide bonds. The molecule has 0 bridgehead atoms. The maximum atomic E-state index is 3.54. The lowest BCUT2D eigenvalue weighted by Crippen LogP contribution is -2.56. The molecule has 4 heterocycles. The molecule has 0 aromatic rings.